The van der Waals surface area contributed by atoms with Crippen LogP contribution in [0, 0.1) is 31.9 Å². The Labute approximate surface area is 198 Å². The molecule has 3 rings (SSSR count). The lowest BCUT2D eigenvalue weighted by Crippen LogP contribution is -2.13. The van der Waals surface area contributed by atoms with E-state index in [4.69, 9.17) is 4.74 Å². The molecule has 0 bridgehead atoms. The molecule has 0 unspecified atom stereocenters. The molecular formula is C24H18IN3O4. The number of anilines is 1. The van der Waals surface area contributed by atoms with Gasteiger partial charge in [-0.05, 0) is 64.9 Å². The number of benzene rings is 3. The van der Waals surface area contributed by atoms with Crippen molar-refractivity contribution in [2.24, 2.45) is 0 Å². The maximum atomic E-state index is 12.5. The van der Waals surface area contributed by atoms with Crippen molar-refractivity contribution in [2.45, 2.75) is 13.5 Å². The number of amides is 1. The fourth-order valence-electron chi connectivity index (χ4n) is 2.78. The fourth-order valence-corrected chi connectivity index (χ4v) is 3.48. The van der Waals surface area contributed by atoms with Crippen LogP contribution in [0.3, 0.4) is 0 Å². The number of nitriles is 1. The number of carbonyl (C=O) groups excluding carboxylic acids is 1. The maximum absolute atomic E-state index is 12.5. The molecular weight excluding hydrogens is 521 g/mol. The molecule has 0 saturated heterocycles. The zero-order valence-corrected chi connectivity index (χ0v) is 19.2. The van der Waals surface area contributed by atoms with Gasteiger partial charge in [0.15, 0.2) is 0 Å². The quantitative estimate of drug-likeness (QED) is 0.138. The summed E-state index contributed by atoms with van der Waals surface area (Å²) in [6.07, 6.45) is 1.46. The third-order valence-electron chi connectivity index (χ3n) is 4.46. The summed E-state index contributed by atoms with van der Waals surface area (Å²) in [4.78, 5) is 22.8. The number of nitro groups is 1. The van der Waals surface area contributed by atoms with Crippen molar-refractivity contribution in [1.29, 1.82) is 5.26 Å². The number of halogens is 1. The van der Waals surface area contributed by atoms with Gasteiger partial charge in [0, 0.05) is 17.8 Å². The third-order valence-corrected chi connectivity index (χ3v) is 5.30. The zero-order valence-electron chi connectivity index (χ0n) is 17.0. The number of hydrogen-bond acceptors (Lipinski definition) is 5. The monoisotopic (exact) mass is 539 g/mol. The Morgan fingerprint density at radius 2 is 1.94 bits per heavy atom. The first-order valence-corrected chi connectivity index (χ1v) is 10.6. The number of nitrogens with zero attached hydrogens (tertiary/aromatic N) is 2. The van der Waals surface area contributed by atoms with Gasteiger partial charge in [-0.2, -0.15) is 5.26 Å². The molecule has 0 aliphatic carbocycles. The second-order valence-electron chi connectivity index (χ2n) is 6.90. The predicted octanol–water partition coefficient (Wildman–Crippen LogP) is 5.63. The standard InChI is InChI=1S/C24H18IN3O4/c1-16-5-7-17(8-6-16)15-32-23-10-9-18(12-22(23)25)11-19(14-26)24(29)27-20-3-2-4-21(13-20)28(30)31/h2-13H,15H2,1H3,(H,27,29)/b19-11+. The van der Waals surface area contributed by atoms with E-state index in [1.54, 1.807) is 12.1 Å². The number of non-ortho nitro benzene ring substituents is 1. The number of carbonyl (C=O) groups is 1. The van der Waals surface area contributed by atoms with E-state index in [-0.39, 0.29) is 16.9 Å². The molecule has 0 atom stereocenters. The van der Waals surface area contributed by atoms with Gasteiger partial charge in [-0.1, -0.05) is 42.0 Å². The first-order valence-electron chi connectivity index (χ1n) is 9.51. The van der Waals surface area contributed by atoms with Crippen LogP contribution < -0.4 is 10.1 Å². The zero-order chi connectivity index (χ0) is 23.1. The van der Waals surface area contributed by atoms with Crippen molar-refractivity contribution in [3.8, 4) is 11.8 Å². The van der Waals surface area contributed by atoms with Gasteiger partial charge in [-0.3, -0.25) is 14.9 Å². The smallest absolute Gasteiger partial charge is 0.271 e. The lowest BCUT2D eigenvalue weighted by molar-refractivity contribution is -0.384. The van der Waals surface area contributed by atoms with Crippen LogP contribution in [0.1, 0.15) is 16.7 Å². The normalized spacial score (nSPS) is 10.8. The van der Waals surface area contributed by atoms with E-state index in [0.29, 0.717) is 17.9 Å². The predicted molar refractivity (Wildman–Crippen MR) is 130 cm³/mol. The Kier molecular flexibility index (Phi) is 7.57. The molecule has 0 fully saturated rings. The summed E-state index contributed by atoms with van der Waals surface area (Å²) < 4.78 is 6.71. The van der Waals surface area contributed by atoms with Crippen molar-refractivity contribution in [2.75, 3.05) is 5.32 Å². The minimum Gasteiger partial charge on any atom is -0.488 e. The van der Waals surface area contributed by atoms with Gasteiger partial charge in [0.1, 0.15) is 24.0 Å². The van der Waals surface area contributed by atoms with Crippen LogP contribution in [0.15, 0.2) is 72.3 Å². The number of rotatable bonds is 7. The van der Waals surface area contributed by atoms with Crippen LogP contribution in [-0.2, 0) is 11.4 Å². The molecule has 3 aromatic rings. The fraction of sp³-hybridized carbons (Fsp3) is 0.0833. The molecule has 0 aliphatic heterocycles. The van der Waals surface area contributed by atoms with Crippen molar-refractivity contribution in [1.82, 2.24) is 0 Å². The van der Waals surface area contributed by atoms with Gasteiger partial charge < -0.3 is 10.1 Å². The van der Waals surface area contributed by atoms with Crippen LogP contribution >= 0.6 is 22.6 Å². The highest BCUT2D eigenvalue weighted by atomic mass is 127. The van der Waals surface area contributed by atoms with E-state index in [1.807, 2.05) is 43.3 Å². The van der Waals surface area contributed by atoms with Gasteiger partial charge >= 0.3 is 0 Å². The van der Waals surface area contributed by atoms with Crippen LogP contribution in [0.4, 0.5) is 11.4 Å². The number of aryl methyl sites for hydroxylation is 1. The summed E-state index contributed by atoms with van der Waals surface area (Å²) in [5.74, 6) is 0.0468. The summed E-state index contributed by atoms with van der Waals surface area (Å²) in [5.41, 5.74) is 2.85. The Morgan fingerprint density at radius 1 is 1.19 bits per heavy atom. The Bertz CT molecular complexity index is 1230. The molecule has 32 heavy (non-hydrogen) atoms. The molecule has 1 amide bonds. The first kappa shape index (κ1) is 23.0. The minimum absolute atomic E-state index is 0.124. The number of nitrogens with one attached hydrogen (secondary N) is 1. The molecule has 1 N–H and O–H groups in total. The van der Waals surface area contributed by atoms with E-state index in [2.05, 4.69) is 27.9 Å². The number of nitro benzene ring substituents is 1. The van der Waals surface area contributed by atoms with Crippen LogP contribution in [0.5, 0.6) is 5.75 Å². The van der Waals surface area contributed by atoms with Gasteiger partial charge in [0.25, 0.3) is 11.6 Å². The molecule has 0 heterocycles. The van der Waals surface area contributed by atoms with Crippen molar-refractivity contribution < 1.29 is 14.5 Å². The maximum Gasteiger partial charge on any atom is 0.271 e. The lowest BCUT2D eigenvalue weighted by atomic mass is 10.1. The molecule has 7 nitrogen and oxygen atoms in total. The molecule has 160 valence electrons. The molecule has 0 radical (unpaired) electrons. The lowest BCUT2D eigenvalue weighted by Gasteiger charge is -2.09. The highest BCUT2D eigenvalue weighted by molar-refractivity contribution is 14.1. The Balaban J connectivity index is 1.71. The summed E-state index contributed by atoms with van der Waals surface area (Å²) in [6.45, 7) is 2.46. The van der Waals surface area contributed by atoms with Crippen LogP contribution in [0.2, 0.25) is 0 Å². The molecule has 3 aromatic carbocycles. The molecule has 0 aromatic heterocycles. The van der Waals surface area contributed by atoms with Gasteiger partial charge in [0.2, 0.25) is 0 Å². The van der Waals surface area contributed by atoms with E-state index in [9.17, 15) is 20.2 Å². The minimum atomic E-state index is -0.650. The van der Waals surface area contributed by atoms with E-state index >= 15 is 0 Å². The third kappa shape index (κ3) is 6.15. The van der Waals surface area contributed by atoms with E-state index in [0.717, 1.165) is 9.13 Å². The Morgan fingerprint density at radius 3 is 2.59 bits per heavy atom. The molecule has 0 aliphatic rings. The summed E-state index contributed by atoms with van der Waals surface area (Å²) in [7, 11) is 0. The highest BCUT2D eigenvalue weighted by Gasteiger charge is 2.13. The highest BCUT2D eigenvalue weighted by Crippen LogP contribution is 2.25. The SMILES string of the molecule is Cc1ccc(COc2ccc(/C=C(\C#N)C(=O)Nc3cccc([N+](=O)[O-])c3)cc2I)cc1. The van der Waals surface area contributed by atoms with Crippen molar-refractivity contribution in [3.63, 3.8) is 0 Å². The van der Waals surface area contributed by atoms with Gasteiger partial charge in [-0.25, -0.2) is 0 Å². The Hall–Kier alpha value is -3.71. The molecule has 0 saturated carbocycles. The van der Waals surface area contributed by atoms with E-state index < -0.39 is 10.8 Å². The van der Waals surface area contributed by atoms with Crippen molar-refractivity contribution in [3.05, 3.63) is 103 Å². The van der Waals surface area contributed by atoms with Crippen molar-refractivity contribution >= 4 is 45.9 Å². The largest absolute Gasteiger partial charge is 0.488 e. The van der Waals surface area contributed by atoms with Crippen LogP contribution in [-0.4, -0.2) is 10.8 Å². The van der Waals surface area contributed by atoms with Crippen LogP contribution in [0.25, 0.3) is 6.08 Å². The second kappa shape index (κ2) is 10.5. The summed E-state index contributed by atoms with van der Waals surface area (Å²) in [6, 6.07) is 20.8. The summed E-state index contributed by atoms with van der Waals surface area (Å²) >= 11 is 2.14. The number of ether oxygens (including phenoxy) is 1. The molecule has 8 heteroatoms. The average molecular weight is 539 g/mol. The number of hydrogen-bond donors (Lipinski definition) is 1. The van der Waals surface area contributed by atoms with Gasteiger partial charge in [-0.15, -0.1) is 0 Å². The van der Waals surface area contributed by atoms with Gasteiger partial charge in [0.05, 0.1) is 8.49 Å². The molecule has 0 spiro atoms. The van der Waals surface area contributed by atoms with E-state index in [1.165, 1.54) is 35.9 Å². The second-order valence-corrected chi connectivity index (χ2v) is 8.06. The first-order chi connectivity index (χ1) is 15.4. The average Bonchev–Trinajstić information content (AvgIpc) is 2.78. The summed E-state index contributed by atoms with van der Waals surface area (Å²) in [5, 5.41) is 22.8. The topological polar surface area (TPSA) is 105 Å².